The number of hydrogen-bond acceptors (Lipinski definition) is 6. The first-order valence-corrected chi connectivity index (χ1v) is 12.8. The summed E-state index contributed by atoms with van der Waals surface area (Å²) in [6, 6.07) is 22.1. The smallest absolute Gasteiger partial charge is 0.184 e. The minimum atomic E-state index is -0.645. The van der Waals surface area contributed by atoms with Crippen LogP contribution in [0, 0.1) is 0 Å². The lowest BCUT2D eigenvalue weighted by molar-refractivity contribution is -0.354. The molecule has 9 heteroatoms. The van der Waals surface area contributed by atoms with Gasteiger partial charge in [-0.05, 0) is 36.4 Å². The molecule has 3 fully saturated rings. The standard InChI is InChI=1S/C27H23Cl3O6/c28-18-7-1-15(2-8-18)25-31-14-22-23-24(36-27(34-22)17-5-11-20(30)12-6-17)21(33-25)13-32-26(35-23)16-3-9-19(29)10-4-16/h1-12,21-27H,13-14H2/t21-,22+,23+,24+,25?,26?,27?/m1/s1. The van der Waals surface area contributed by atoms with Gasteiger partial charge in [0.15, 0.2) is 18.9 Å². The second kappa shape index (κ2) is 10.6. The van der Waals surface area contributed by atoms with Gasteiger partial charge in [0, 0.05) is 31.8 Å². The van der Waals surface area contributed by atoms with E-state index in [2.05, 4.69) is 0 Å². The average Bonchev–Trinajstić information content (AvgIpc) is 3.09. The molecule has 36 heavy (non-hydrogen) atoms. The van der Waals surface area contributed by atoms with Gasteiger partial charge in [0.2, 0.25) is 0 Å². The molecule has 0 saturated carbocycles. The Hall–Kier alpha value is -1.71. The lowest BCUT2D eigenvalue weighted by atomic mass is 10.00. The molecule has 3 aromatic rings. The maximum Gasteiger partial charge on any atom is 0.184 e. The molecule has 3 aromatic carbocycles. The van der Waals surface area contributed by atoms with E-state index < -0.39 is 43.3 Å². The summed E-state index contributed by atoms with van der Waals surface area (Å²) in [6.45, 7) is 0.448. The van der Waals surface area contributed by atoms with Crippen LogP contribution >= 0.6 is 34.8 Å². The molecule has 6 rings (SSSR count). The molecule has 0 amide bonds. The van der Waals surface area contributed by atoms with Gasteiger partial charge in [-0.2, -0.15) is 0 Å². The highest BCUT2D eigenvalue weighted by atomic mass is 35.5. The lowest BCUT2D eigenvalue weighted by Gasteiger charge is -2.45. The van der Waals surface area contributed by atoms with E-state index in [-0.39, 0.29) is 13.2 Å². The Bertz CT molecular complexity index is 1070. The van der Waals surface area contributed by atoms with Crippen molar-refractivity contribution in [1.29, 1.82) is 0 Å². The molecule has 0 radical (unpaired) electrons. The van der Waals surface area contributed by atoms with E-state index in [4.69, 9.17) is 63.2 Å². The summed E-state index contributed by atoms with van der Waals surface area (Å²) < 4.78 is 38.2. The Kier molecular flexibility index (Phi) is 7.23. The van der Waals surface area contributed by atoms with Crippen LogP contribution in [0.5, 0.6) is 0 Å². The Morgan fingerprint density at radius 2 is 0.778 bits per heavy atom. The molecule has 3 heterocycles. The predicted octanol–water partition coefficient (Wildman–Crippen LogP) is 6.66. The maximum absolute atomic E-state index is 6.48. The zero-order chi connectivity index (χ0) is 24.6. The Morgan fingerprint density at radius 3 is 1.22 bits per heavy atom. The van der Waals surface area contributed by atoms with E-state index in [0.29, 0.717) is 15.1 Å². The third-order valence-electron chi connectivity index (χ3n) is 6.47. The highest BCUT2D eigenvalue weighted by Crippen LogP contribution is 2.42. The second-order valence-electron chi connectivity index (χ2n) is 8.87. The average molecular weight is 550 g/mol. The SMILES string of the molecule is Clc1ccc(C2OC[C@H]3OC(c4ccc(Cl)cc4)OC[C@@H]4OC(c5ccc(Cl)cc5)O[C@@H]3[C@H]4O2)cc1. The molecule has 6 nitrogen and oxygen atoms in total. The Morgan fingerprint density at radius 1 is 0.444 bits per heavy atom. The van der Waals surface area contributed by atoms with Gasteiger partial charge in [-0.3, -0.25) is 0 Å². The largest absolute Gasteiger partial charge is 0.346 e. The fourth-order valence-electron chi connectivity index (χ4n) is 4.62. The van der Waals surface area contributed by atoms with Crippen molar-refractivity contribution in [2.24, 2.45) is 0 Å². The van der Waals surface area contributed by atoms with E-state index >= 15 is 0 Å². The van der Waals surface area contributed by atoms with E-state index in [9.17, 15) is 0 Å². The quantitative estimate of drug-likeness (QED) is 0.364. The first kappa shape index (κ1) is 24.6. The summed E-state index contributed by atoms with van der Waals surface area (Å²) >= 11 is 18.3. The summed E-state index contributed by atoms with van der Waals surface area (Å²) in [7, 11) is 0. The van der Waals surface area contributed by atoms with Crippen LogP contribution in [0.3, 0.4) is 0 Å². The van der Waals surface area contributed by atoms with Crippen LogP contribution in [0.2, 0.25) is 15.1 Å². The number of hydrogen-bond donors (Lipinski definition) is 0. The summed E-state index contributed by atoms with van der Waals surface area (Å²) in [4.78, 5) is 0. The Balaban J connectivity index is 1.32. The van der Waals surface area contributed by atoms with Gasteiger partial charge >= 0.3 is 0 Å². The van der Waals surface area contributed by atoms with Gasteiger partial charge in [0.1, 0.15) is 24.4 Å². The molecule has 0 aliphatic carbocycles. The maximum atomic E-state index is 6.48. The molecule has 4 bridgehead atoms. The van der Waals surface area contributed by atoms with Crippen LogP contribution in [0.15, 0.2) is 72.8 Å². The highest BCUT2D eigenvalue weighted by Gasteiger charge is 2.50. The van der Waals surface area contributed by atoms with Gasteiger partial charge < -0.3 is 28.4 Å². The third kappa shape index (κ3) is 5.16. The fraction of sp³-hybridized carbons (Fsp3) is 0.333. The van der Waals surface area contributed by atoms with Crippen LogP contribution in [0.25, 0.3) is 0 Å². The minimum Gasteiger partial charge on any atom is -0.346 e. The zero-order valence-corrected chi connectivity index (χ0v) is 21.2. The molecule has 188 valence electrons. The van der Waals surface area contributed by atoms with E-state index in [1.165, 1.54) is 0 Å². The molecule has 3 aliphatic rings. The molecule has 3 unspecified atom stereocenters. The summed E-state index contributed by atoms with van der Waals surface area (Å²) in [6.07, 6.45) is -3.82. The summed E-state index contributed by atoms with van der Waals surface area (Å²) in [5.41, 5.74) is 2.52. The number of benzene rings is 3. The van der Waals surface area contributed by atoms with Crippen LogP contribution in [-0.2, 0) is 28.4 Å². The van der Waals surface area contributed by atoms with Gasteiger partial charge in [0.05, 0.1) is 13.2 Å². The number of halogens is 3. The third-order valence-corrected chi connectivity index (χ3v) is 7.22. The molecule has 7 atom stereocenters. The molecule has 3 aliphatic heterocycles. The molecule has 0 aromatic heterocycles. The van der Waals surface area contributed by atoms with Crippen LogP contribution < -0.4 is 0 Å². The van der Waals surface area contributed by atoms with Crippen molar-refractivity contribution in [1.82, 2.24) is 0 Å². The second-order valence-corrected chi connectivity index (χ2v) is 10.2. The van der Waals surface area contributed by atoms with E-state index in [0.717, 1.165) is 16.7 Å². The van der Waals surface area contributed by atoms with Crippen LogP contribution in [-0.4, -0.2) is 37.6 Å². The number of rotatable bonds is 3. The van der Waals surface area contributed by atoms with Gasteiger partial charge in [0.25, 0.3) is 0 Å². The number of ether oxygens (including phenoxy) is 6. The summed E-state index contributed by atoms with van der Waals surface area (Å²) in [5, 5.41) is 1.91. The van der Waals surface area contributed by atoms with Gasteiger partial charge in [-0.1, -0.05) is 71.2 Å². The first-order valence-electron chi connectivity index (χ1n) is 11.6. The van der Waals surface area contributed by atoms with Crippen molar-refractivity contribution in [2.45, 2.75) is 43.3 Å². The molecule has 0 spiro atoms. The van der Waals surface area contributed by atoms with Crippen molar-refractivity contribution < 1.29 is 28.4 Å². The molecule has 0 N–H and O–H groups in total. The zero-order valence-electron chi connectivity index (χ0n) is 19.0. The van der Waals surface area contributed by atoms with Crippen molar-refractivity contribution in [3.8, 4) is 0 Å². The topological polar surface area (TPSA) is 55.4 Å². The van der Waals surface area contributed by atoms with Crippen molar-refractivity contribution in [3.63, 3.8) is 0 Å². The van der Waals surface area contributed by atoms with Crippen molar-refractivity contribution >= 4 is 34.8 Å². The fourth-order valence-corrected chi connectivity index (χ4v) is 5.00. The predicted molar refractivity (Wildman–Crippen MR) is 134 cm³/mol. The van der Waals surface area contributed by atoms with Crippen LogP contribution in [0.4, 0.5) is 0 Å². The van der Waals surface area contributed by atoms with Gasteiger partial charge in [-0.15, -0.1) is 0 Å². The minimum absolute atomic E-state index is 0.224. The van der Waals surface area contributed by atoms with Crippen molar-refractivity contribution in [2.75, 3.05) is 13.2 Å². The van der Waals surface area contributed by atoms with Crippen molar-refractivity contribution in [3.05, 3.63) is 105 Å². The lowest BCUT2D eigenvalue weighted by Crippen LogP contribution is -2.57. The monoisotopic (exact) mass is 548 g/mol. The summed E-state index contributed by atoms with van der Waals surface area (Å²) in [5.74, 6) is 0. The Labute approximate surface area is 223 Å². The molecular weight excluding hydrogens is 527 g/mol. The van der Waals surface area contributed by atoms with Crippen LogP contribution in [0.1, 0.15) is 35.6 Å². The molecule has 3 saturated heterocycles. The molecular formula is C27H23Cl3O6. The van der Waals surface area contributed by atoms with Gasteiger partial charge in [-0.25, -0.2) is 0 Å². The van der Waals surface area contributed by atoms with E-state index in [1.54, 1.807) is 36.4 Å². The highest BCUT2D eigenvalue weighted by molar-refractivity contribution is 6.31. The normalized spacial score (nSPS) is 32.2. The van der Waals surface area contributed by atoms with E-state index in [1.807, 2.05) is 36.4 Å². The first-order chi connectivity index (χ1) is 17.5.